The zero-order valence-electron chi connectivity index (χ0n) is 50.6. The zero-order valence-corrected chi connectivity index (χ0v) is 51.4. The number of carbonyl (C=O) groups is 4. The molecule has 19 nitrogen and oxygen atoms in total. The standard InChI is InChI=1S/C67H78FN9O10S/c1-42-21-31-88-61(42)45-13-11-43(12-14-45)36-70-63(82)57-35-51(80)39-77(57)66(85)62(67(2,3)4)72-59(81)20-29-87-41-50(79)8-7-28-86-30-27-74-23-25-75(26-24-74)49-17-18-58(69-37-49)71-55-34-48(38-73(5)64(55)83)52-9-6-10-56(53(52)40-78)76-22-19-46-32-47(44-15-16-44)33-54(68)60(46)65(76)84/h6,9-14,17-19,21-22,31-34,37-38,44,51,57,62,78,80H,7-8,15-16,20,23-30,35-36,39-41H2,1-5H3,(H,69,71)(H,70,82)(H,72,81)/t51-,57+,62-/m1/s1. The van der Waals surface area contributed by atoms with Crippen LogP contribution in [0.5, 0.6) is 0 Å². The number of thiophene rings is 1. The lowest BCUT2D eigenvalue weighted by Gasteiger charge is -2.35. The number of piperazine rings is 1. The van der Waals surface area contributed by atoms with Gasteiger partial charge in [0, 0.05) is 107 Å². The second kappa shape index (κ2) is 28.1. The average molecular weight is 1220 g/mol. The molecule has 0 bridgehead atoms. The molecule has 3 amide bonds. The van der Waals surface area contributed by atoms with Crippen LogP contribution < -0.4 is 32.0 Å². The van der Waals surface area contributed by atoms with Gasteiger partial charge >= 0.3 is 0 Å². The number of rotatable bonds is 25. The number of aliphatic hydroxyl groups excluding tert-OH is 2. The summed E-state index contributed by atoms with van der Waals surface area (Å²) in [5.41, 5.74) is 5.82. The molecule has 6 heterocycles. The summed E-state index contributed by atoms with van der Waals surface area (Å²) in [6, 6.07) is 24.0. The van der Waals surface area contributed by atoms with E-state index in [2.05, 4.69) is 49.1 Å². The largest absolute Gasteiger partial charge is 0.392 e. The Morgan fingerprint density at radius 1 is 0.886 bits per heavy atom. The van der Waals surface area contributed by atoms with Crippen molar-refractivity contribution in [1.29, 1.82) is 0 Å². The third-order valence-electron chi connectivity index (χ3n) is 16.7. The Hall–Kier alpha value is -7.92. The molecule has 1 aliphatic carbocycles. The van der Waals surface area contributed by atoms with Gasteiger partial charge in [0.2, 0.25) is 17.7 Å². The van der Waals surface area contributed by atoms with Crippen LogP contribution in [0.15, 0.2) is 118 Å². The van der Waals surface area contributed by atoms with Gasteiger partial charge in [-0.05, 0) is 119 Å². The highest BCUT2D eigenvalue weighted by Crippen LogP contribution is 2.41. The van der Waals surface area contributed by atoms with Gasteiger partial charge < -0.3 is 50.0 Å². The van der Waals surface area contributed by atoms with Crippen molar-refractivity contribution in [3.63, 3.8) is 0 Å². The Kier molecular flexibility index (Phi) is 20.1. The van der Waals surface area contributed by atoms with E-state index in [0.29, 0.717) is 59.1 Å². The minimum Gasteiger partial charge on any atom is -0.392 e. The quantitative estimate of drug-likeness (QED) is 0.0345. The van der Waals surface area contributed by atoms with Crippen LogP contribution in [0.2, 0.25) is 0 Å². The minimum absolute atomic E-state index is 0.00678. The molecule has 2 saturated heterocycles. The number of anilines is 3. The van der Waals surface area contributed by atoms with Gasteiger partial charge in [0.25, 0.3) is 11.1 Å². The summed E-state index contributed by atoms with van der Waals surface area (Å²) in [6.07, 6.45) is 6.97. The normalized spacial score (nSPS) is 16.7. The van der Waals surface area contributed by atoms with Gasteiger partial charge in [-0.3, -0.25) is 38.2 Å². The van der Waals surface area contributed by atoms with Crippen molar-refractivity contribution in [3.8, 4) is 27.3 Å². The van der Waals surface area contributed by atoms with E-state index in [9.17, 15) is 39.0 Å². The van der Waals surface area contributed by atoms with Crippen LogP contribution in [0.3, 0.4) is 0 Å². The van der Waals surface area contributed by atoms with Gasteiger partial charge in [0.05, 0.1) is 48.9 Å². The SMILES string of the molecule is Cc1ccsc1-c1ccc(CNC(=O)[C@@H]2C[C@@H](O)CN2C(=O)[C@@H](NC(=O)CCOCC(=O)CCCOCCN2CCN(c3ccc(Nc4cc(-c5cccc(-n6ccc7cc(C8CC8)cc(F)c7c6=O)c5CO)cn(C)c4=O)nc3)CC2)C(C)(C)C)cc1. The number of aryl methyl sites for hydroxylation is 2. The van der Waals surface area contributed by atoms with E-state index in [-0.39, 0.29) is 73.9 Å². The Morgan fingerprint density at radius 2 is 1.67 bits per heavy atom. The molecule has 3 fully saturated rings. The molecule has 5 N–H and O–H groups in total. The molecule has 7 aromatic rings. The summed E-state index contributed by atoms with van der Waals surface area (Å²) in [7, 11) is 1.64. The van der Waals surface area contributed by atoms with Gasteiger partial charge in [-0.2, -0.15) is 0 Å². The molecule has 3 aromatic carbocycles. The predicted molar refractivity (Wildman–Crippen MR) is 339 cm³/mol. The molecular weight excluding hydrogens is 1140 g/mol. The maximum absolute atomic E-state index is 15.5. The third-order valence-corrected chi connectivity index (χ3v) is 17.8. The number of fused-ring (bicyclic) bond motifs is 1. The maximum Gasteiger partial charge on any atom is 0.274 e. The van der Waals surface area contributed by atoms with Crippen molar-refractivity contribution < 1.29 is 43.3 Å². The molecule has 1 saturated carbocycles. The van der Waals surface area contributed by atoms with Crippen LogP contribution in [-0.2, 0) is 48.9 Å². The summed E-state index contributed by atoms with van der Waals surface area (Å²) < 4.78 is 29.7. The summed E-state index contributed by atoms with van der Waals surface area (Å²) >= 11 is 1.67. The van der Waals surface area contributed by atoms with Crippen LogP contribution in [0.1, 0.15) is 87.5 Å². The number of ketones is 1. The summed E-state index contributed by atoms with van der Waals surface area (Å²) in [5.74, 6) is -1.15. The van der Waals surface area contributed by atoms with Gasteiger partial charge in [-0.15, -0.1) is 11.3 Å². The van der Waals surface area contributed by atoms with Crippen molar-refractivity contribution in [2.75, 3.05) is 75.9 Å². The molecule has 2 aliphatic heterocycles. The van der Waals surface area contributed by atoms with Crippen LogP contribution in [-0.4, -0.2) is 142 Å². The van der Waals surface area contributed by atoms with Crippen molar-refractivity contribution >= 4 is 62.8 Å². The van der Waals surface area contributed by atoms with Crippen molar-refractivity contribution in [3.05, 3.63) is 158 Å². The first-order valence-electron chi connectivity index (χ1n) is 30.2. The van der Waals surface area contributed by atoms with Gasteiger partial charge in [0.15, 0.2) is 5.78 Å². The lowest BCUT2D eigenvalue weighted by atomic mass is 9.85. The van der Waals surface area contributed by atoms with E-state index in [1.807, 2.05) is 69.3 Å². The number of ether oxygens (including phenoxy) is 2. The molecule has 0 unspecified atom stereocenters. The number of amides is 3. The van der Waals surface area contributed by atoms with Gasteiger partial charge in [-0.1, -0.05) is 63.2 Å². The van der Waals surface area contributed by atoms with E-state index in [0.717, 1.165) is 67.9 Å². The first-order valence-corrected chi connectivity index (χ1v) is 31.1. The smallest absolute Gasteiger partial charge is 0.274 e. The summed E-state index contributed by atoms with van der Waals surface area (Å²) in [6.45, 7) is 12.0. The molecule has 0 radical (unpaired) electrons. The number of nitrogens with zero attached hydrogens (tertiary/aromatic N) is 6. The number of β-amino-alcohol motifs (C(OH)–C–C–N with tert-alkyl or cyclic N) is 1. The molecule has 464 valence electrons. The lowest BCUT2D eigenvalue weighted by molar-refractivity contribution is -0.144. The number of nitrogens with one attached hydrogen (secondary N) is 3. The molecule has 3 atom stereocenters. The number of pyridine rings is 3. The van der Waals surface area contributed by atoms with E-state index in [1.165, 1.54) is 30.5 Å². The number of hydrogen-bond acceptors (Lipinski definition) is 15. The van der Waals surface area contributed by atoms with Crippen LogP contribution in [0.25, 0.3) is 38.0 Å². The number of Topliss-reactive ketones (excluding diaryl/α,β-unsaturated/α-hetero) is 1. The number of likely N-dealkylation sites (tertiary alicyclic amines) is 1. The predicted octanol–water partition coefficient (Wildman–Crippen LogP) is 7.74. The molecule has 4 aromatic heterocycles. The fourth-order valence-electron chi connectivity index (χ4n) is 11.6. The molecule has 10 rings (SSSR count). The van der Waals surface area contributed by atoms with E-state index >= 15 is 4.39 Å². The third kappa shape index (κ3) is 15.1. The number of carbonyl (C=O) groups excluding carboxylic acids is 4. The Balaban J connectivity index is 0.614. The highest BCUT2D eigenvalue weighted by Gasteiger charge is 2.44. The second-order valence-electron chi connectivity index (χ2n) is 24.3. The van der Waals surface area contributed by atoms with Crippen LogP contribution >= 0.6 is 11.3 Å². The zero-order chi connectivity index (χ0) is 62.2. The Labute approximate surface area is 515 Å². The monoisotopic (exact) mass is 1220 g/mol. The molecule has 0 spiro atoms. The summed E-state index contributed by atoms with van der Waals surface area (Å²) in [4.78, 5) is 92.4. The first kappa shape index (κ1) is 63.1. The fraction of sp³-hybridized carbons (Fsp3) is 0.418. The number of aromatic nitrogens is 3. The molecule has 88 heavy (non-hydrogen) atoms. The Bertz CT molecular complexity index is 3780. The maximum atomic E-state index is 15.5. The van der Waals surface area contributed by atoms with Crippen LogP contribution in [0.4, 0.5) is 21.6 Å². The van der Waals surface area contributed by atoms with Gasteiger partial charge in [-0.25, -0.2) is 9.37 Å². The number of aliphatic hydroxyl groups is 2. The topological polar surface area (TPSA) is 230 Å². The van der Waals surface area contributed by atoms with E-state index in [1.54, 1.807) is 61.2 Å². The van der Waals surface area contributed by atoms with Crippen LogP contribution in [0, 0.1) is 18.2 Å². The Morgan fingerprint density at radius 3 is 2.38 bits per heavy atom. The molecule has 21 heteroatoms. The highest BCUT2D eigenvalue weighted by atomic mass is 32.1. The molecule has 3 aliphatic rings. The van der Waals surface area contributed by atoms with Gasteiger partial charge in [0.1, 0.15) is 36.0 Å². The lowest BCUT2D eigenvalue weighted by Crippen LogP contribution is -2.57. The number of hydrogen-bond donors (Lipinski definition) is 5. The number of halogens is 1. The average Bonchev–Trinajstić information content (AvgIpc) is 1.28. The number of benzene rings is 3. The first-order chi connectivity index (χ1) is 42.3. The van der Waals surface area contributed by atoms with E-state index in [4.69, 9.17) is 9.47 Å². The second-order valence-corrected chi connectivity index (χ2v) is 25.2. The van der Waals surface area contributed by atoms with Crippen molar-refractivity contribution in [2.24, 2.45) is 12.5 Å². The fourth-order valence-corrected chi connectivity index (χ4v) is 12.5. The van der Waals surface area contributed by atoms with Crippen molar-refractivity contribution in [2.45, 2.75) is 103 Å². The summed E-state index contributed by atoms with van der Waals surface area (Å²) in [5, 5.41) is 32.9. The molecular formula is C67H78FN9O10S. The van der Waals surface area contributed by atoms with E-state index < -0.39 is 53.4 Å². The minimum atomic E-state index is -0.983. The highest BCUT2D eigenvalue weighted by molar-refractivity contribution is 7.13. The van der Waals surface area contributed by atoms with Crippen molar-refractivity contribution in [1.82, 2.24) is 34.6 Å².